The number of carbonyl (C=O) groups excluding carboxylic acids is 1. The molecule has 1 aliphatic carbocycles. The van der Waals surface area contributed by atoms with Crippen molar-refractivity contribution < 1.29 is 13.2 Å². The van der Waals surface area contributed by atoms with Gasteiger partial charge in [-0.2, -0.15) is 0 Å². The fourth-order valence-corrected chi connectivity index (χ4v) is 4.87. The molecule has 0 atom stereocenters. The number of hydrogen-bond donors (Lipinski definition) is 1. The van der Waals surface area contributed by atoms with Crippen LogP contribution in [0.2, 0.25) is 0 Å². The van der Waals surface area contributed by atoms with E-state index in [2.05, 4.69) is 4.72 Å². The third kappa shape index (κ3) is 4.57. The van der Waals surface area contributed by atoms with Crippen molar-refractivity contribution in [2.45, 2.75) is 50.5 Å². The highest BCUT2D eigenvalue weighted by molar-refractivity contribution is 7.89. The molecule has 2 aromatic carbocycles. The highest BCUT2D eigenvalue weighted by Crippen LogP contribution is 2.22. The van der Waals surface area contributed by atoms with E-state index in [4.69, 9.17) is 0 Å². The van der Waals surface area contributed by atoms with Gasteiger partial charge in [-0.1, -0.05) is 31.0 Å². The highest BCUT2D eigenvalue weighted by Gasteiger charge is 2.24. The molecule has 1 aliphatic rings. The van der Waals surface area contributed by atoms with Crippen molar-refractivity contribution in [2.75, 3.05) is 11.4 Å². The van der Waals surface area contributed by atoms with Crippen LogP contribution >= 0.6 is 0 Å². The van der Waals surface area contributed by atoms with E-state index in [0.29, 0.717) is 12.1 Å². The van der Waals surface area contributed by atoms with Gasteiger partial charge in [-0.25, -0.2) is 13.1 Å². The van der Waals surface area contributed by atoms with Crippen LogP contribution in [0.15, 0.2) is 53.4 Å². The molecule has 1 saturated carbocycles. The van der Waals surface area contributed by atoms with Crippen molar-refractivity contribution in [3.8, 4) is 0 Å². The number of benzene rings is 2. The molecule has 3 rings (SSSR count). The Bertz CT molecular complexity index is 919. The van der Waals surface area contributed by atoms with Crippen molar-refractivity contribution in [2.24, 2.45) is 0 Å². The summed E-state index contributed by atoms with van der Waals surface area (Å²) in [6, 6.07) is 14.0. The first-order valence-corrected chi connectivity index (χ1v) is 10.9. The Hall–Kier alpha value is -2.18. The van der Waals surface area contributed by atoms with E-state index in [9.17, 15) is 13.2 Å². The van der Waals surface area contributed by atoms with E-state index in [1.54, 1.807) is 17.0 Å². The highest BCUT2D eigenvalue weighted by atomic mass is 32.2. The Morgan fingerprint density at radius 3 is 2.48 bits per heavy atom. The molecule has 27 heavy (non-hydrogen) atoms. The van der Waals surface area contributed by atoms with Gasteiger partial charge in [0.15, 0.2) is 0 Å². The minimum Gasteiger partial charge on any atom is -0.309 e. The molecule has 6 heteroatoms. The smallest absolute Gasteiger partial charge is 0.258 e. The van der Waals surface area contributed by atoms with Gasteiger partial charge in [0.25, 0.3) is 5.91 Å². The van der Waals surface area contributed by atoms with Gasteiger partial charge in [0, 0.05) is 23.8 Å². The lowest BCUT2D eigenvalue weighted by molar-refractivity contribution is 0.0988. The Morgan fingerprint density at radius 1 is 1.11 bits per heavy atom. The van der Waals surface area contributed by atoms with Crippen LogP contribution in [0, 0.1) is 6.92 Å². The van der Waals surface area contributed by atoms with Crippen molar-refractivity contribution in [3.05, 3.63) is 59.7 Å². The maximum atomic E-state index is 13.0. The van der Waals surface area contributed by atoms with Crippen molar-refractivity contribution in [3.63, 3.8) is 0 Å². The minimum atomic E-state index is -3.62. The van der Waals surface area contributed by atoms with Crippen molar-refractivity contribution >= 4 is 21.6 Å². The fraction of sp³-hybridized carbons (Fsp3) is 0.381. The lowest BCUT2D eigenvalue weighted by Gasteiger charge is -2.22. The number of amides is 1. The number of rotatable bonds is 6. The van der Waals surface area contributed by atoms with Crippen molar-refractivity contribution in [1.29, 1.82) is 0 Å². The predicted molar refractivity (Wildman–Crippen MR) is 108 cm³/mol. The summed E-state index contributed by atoms with van der Waals surface area (Å²) in [6.07, 6.45) is 3.84. The average Bonchev–Trinajstić information content (AvgIpc) is 3.15. The number of hydrogen-bond acceptors (Lipinski definition) is 3. The molecule has 0 saturated heterocycles. The molecule has 2 aromatic rings. The van der Waals surface area contributed by atoms with Gasteiger partial charge in [-0.15, -0.1) is 0 Å². The number of sulfonamides is 1. The molecule has 0 radical (unpaired) electrons. The summed E-state index contributed by atoms with van der Waals surface area (Å²) < 4.78 is 28.1. The van der Waals surface area contributed by atoms with Crippen LogP contribution in [0.1, 0.15) is 48.5 Å². The van der Waals surface area contributed by atoms with Crippen molar-refractivity contribution in [1.82, 2.24) is 4.72 Å². The number of nitrogens with one attached hydrogen (secondary N) is 1. The molecule has 0 unspecified atom stereocenters. The number of carbonyl (C=O) groups is 1. The fourth-order valence-electron chi connectivity index (χ4n) is 3.52. The molecule has 144 valence electrons. The first-order valence-electron chi connectivity index (χ1n) is 9.41. The zero-order valence-electron chi connectivity index (χ0n) is 15.8. The summed E-state index contributed by atoms with van der Waals surface area (Å²) >= 11 is 0. The van der Waals surface area contributed by atoms with E-state index < -0.39 is 10.0 Å². The summed E-state index contributed by atoms with van der Waals surface area (Å²) in [5.41, 5.74) is 2.24. The zero-order valence-corrected chi connectivity index (χ0v) is 16.6. The molecule has 0 aromatic heterocycles. The van der Waals surface area contributed by atoms with E-state index in [-0.39, 0.29) is 16.8 Å². The normalized spacial score (nSPS) is 15.0. The Balaban J connectivity index is 1.86. The Kier molecular flexibility index (Phi) is 5.97. The molecule has 0 heterocycles. The monoisotopic (exact) mass is 386 g/mol. The van der Waals surface area contributed by atoms with Gasteiger partial charge >= 0.3 is 0 Å². The second-order valence-electron chi connectivity index (χ2n) is 7.02. The van der Waals surface area contributed by atoms with Crippen LogP contribution in [-0.4, -0.2) is 26.9 Å². The second kappa shape index (κ2) is 8.23. The van der Waals surface area contributed by atoms with E-state index >= 15 is 0 Å². The first-order chi connectivity index (χ1) is 12.9. The van der Waals surface area contributed by atoms with Gasteiger partial charge in [-0.05, 0) is 62.6 Å². The average molecular weight is 387 g/mol. The molecular formula is C21H26N2O3S. The summed E-state index contributed by atoms with van der Waals surface area (Å²) in [5.74, 6) is -0.207. The molecule has 5 nitrogen and oxygen atoms in total. The second-order valence-corrected chi connectivity index (χ2v) is 8.73. The molecule has 1 fully saturated rings. The summed E-state index contributed by atoms with van der Waals surface area (Å²) in [7, 11) is -3.62. The van der Waals surface area contributed by atoms with E-state index in [1.165, 1.54) is 12.1 Å². The van der Waals surface area contributed by atoms with Crippen LogP contribution < -0.4 is 9.62 Å². The SMILES string of the molecule is CCN(C(=O)c1cccc(S(=O)(=O)NC2CCCC2)c1)c1cccc(C)c1. The number of aryl methyl sites for hydroxylation is 1. The predicted octanol–water partition coefficient (Wildman–Crippen LogP) is 3.88. The first kappa shape index (κ1) is 19.6. The van der Waals surface area contributed by atoms with Gasteiger partial charge in [-0.3, -0.25) is 4.79 Å². The van der Waals surface area contributed by atoms with E-state index in [1.807, 2.05) is 38.1 Å². The summed E-state index contributed by atoms with van der Waals surface area (Å²) in [4.78, 5) is 14.8. The quantitative estimate of drug-likeness (QED) is 0.819. The van der Waals surface area contributed by atoms with Crippen LogP contribution in [0.4, 0.5) is 5.69 Å². The van der Waals surface area contributed by atoms with Gasteiger partial charge in [0.2, 0.25) is 10.0 Å². The lowest BCUT2D eigenvalue weighted by atomic mass is 10.1. The Morgan fingerprint density at radius 2 is 1.81 bits per heavy atom. The topological polar surface area (TPSA) is 66.5 Å². The third-order valence-corrected chi connectivity index (χ3v) is 6.46. The molecule has 1 amide bonds. The van der Waals surface area contributed by atoms with Crippen LogP contribution in [-0.2, 0) is 10.0 Å². The van der Waals surface area contributed by atoms with E-state index in [0.717, 1.165) is 36.9 Å². The molecule has 0 spiro atoms. The standard InChI is InChI=1S/C21H26N2O3S/c1-3-23(19-12-6-8-16(2)14-19)21(24)17-9-7-13-20(15-17)27(25,26)22-18-10-4-5-11-18/h6-9,12-15,18,22H,3-5,10-11H2,1-2H3. The van der Waals surface area contributed by atoms with Crippen LogP contribution in [0.3, 0.4) is 0 Å². The van der Waals surface area contributed by atoms with Crippen LogP contribution in [0.25, 0.3) is 0 Å². The molecule has 0 aliphatic heterocycles. The van der Waals surface area contributed by atoms with Gasteiger partial charge in [0.1, 0.15) is 0 Å². The maximum absolute atomic E-state index is 13.0. The third-order valence-electron chi connectivity index (χ3n) is 4.94. The molecular weight excluding hydrogens is 360 g/mol. The zero-order chi connectivity index (χ0) is 19.4. The van der Waals surface area contributed by atoms with Gasteiger partial charge < -0.3 is 4.90 Å². The number of nitrogens with zero attached hydrogens (tertiary/aromatic N) is 1. The largest absolute Gasteiger partial charge is 0.309 e. The number of anilines is 1. The maximum Gasteiger partial charge on any atom is 0.258 e. The Labute approximate surface area is 161 Å². The van der Waals surface area contributed by atoms with Gasteiger partial charge in [0.05, 0.1) is 4.90 Å². The summed E-state index contributed by atoms with van der Waals surface area (Å²) in [6.45, 7) is 4.38. The summed E-state index contributed by atoms with van der Waals surface area (Å²) in [5, 5.41) is 0. The van der Waals surface area contributed by atoms with Crippen LogP contribution in [0.5, 0.6) is 0 Å². The molecule has 1 N–H and O–H groups in total. The lowest BCUT2D eigenvalue weighted by Crippen LogP contribution is -2.33. The minimum absolute atomic E-state index is 0.00575. The molecule has 0 bridgehead atoms.